The molecule has 0 amide bonds. The Morgan fingerprint density at radius 2 is 1.83 bits per heavy atom. The Hall–Kier alpha value is -1.89. The third-order valence-corrected chi connectivity index (χ3v) is 7.82. The molecule has 0 radical (unpaired) electrons. The quantitative estimate of drug-likeness (QED) is 0.750. The number of rotatable bonds is 2. The number of piperidine rings is 1. The molecule has 2 aliphatic heterocycles. The number of hydrogen-bond acceptors (Lipinski definition) is 4. The molecular formula is C23H29NO4S. The first kappa shape index (κ1) is 20.4. The van der Waals surface area contributed by atoms with Gasteiger partial charge in [0.05, 0.1) is 12.0 Å². The number of hydrogen-bond donors (Lipinski definition) is 1. The number of benzene rings is 2. The van der Waals surface area contributed by atoms with Crippen molar-refractivity contribution >= 4 is 10.1 Å². The van der Waals surface area contributed by atoms with Crippen LogP contribution in [0.5, 0.6) is 5.75 Å². The molecule has 5 rings (SSSR count). The molecule has 4 atom stereocenters. The molecule has 0 spiro atoms. The Labute approximate surface area is 173 Å². The van der Waals surface area contributed by atoms with Crippen molar-refractivity contribution in [1.29, 1.82) is 0 Å². The molecule has 2 heterocycles. The zero-order valence-corrected chi connectivity index (χ0v) is 18.0. The second-order valence-electron chi connectivity index (χ2n) is 8.53. The largest absolute Gasteiger partial charge is 0.497 e. The number of nitrogens with zero attached hydrogens (tertiary/aromatic N) is 1. The van der Waals surface area contributed by atoms with E-state index in [2.05, 4.69) is 30.1 Å². The topological polar surface area (TPSA) is 66.8 Å². The van der Waals surface area contributed by atoms with E-state index in [1.807, 2.05) is 6.92 Å². The van der Waals surface area contributed by atoms with Gasteiger partial charge in [0.1, 0.15) is 5.75 Å². The molecule has 6 heteroatoms. The normalized spacial score (nSPS) is 27.6. The smallest absolute Gasteiger partial charge is 0.294 e. The van der Waals surface area contributed by atoms with E-state index >= 15 is 0 Å². The highest BCUT2D eigenvalue weighted by molar-refractivity contribution is 7.85. The molecule has 2 saturated heterocycles. The Morgan fingerprint density at radius 1 is 1.10 bits per heavy atom. The molecule has 156 valence electrons. The van der Waals surface area contributed by atoms with Crippen molar-refractivity contribution in [2.24, 2.45) is 5.92 Å². The van der Waals surface area contributed by atoms with Crippen molar-refractivity contribution in [3.05, 3.63) is 59.2 Å². The maximum absolute atomic E-state index is 10.5. The van der Waals surface area contributed by atoms with E-state index in [4.69, 9.17) is 9.29 Å². The van der Waals surface area contributed by atoms with Crippen molar-refractivity contribution in [2.45, 2.75) is 55.5 Å². The van der Waals surface area contributed by atoms with Crippen LogP contribution in [0, 0.1) is 12.8 Å². The average molecular weight is 416 g/mol. The van der Waals surface area contributed by atoms with Crippen molar-refractivity contribution in [3.63, 3.8) is 0 Å². The van der Waals surface area contributed by atoms with Crippen LogP contribution >= 0.6 is 0 Å². The van der Waals surface area contributed by atoms with Crippen LogP contribution < -0.4 is 4.74 Å². The van der Waals surface area contributed by atoms with E-state index in [1.165, 1.54) is 37.8 Å². The minimum Gasteiger partial charge on any atom is -0.497 e. The number of ether oxygens (including phenoxy) is 1. The Balaban J connectivity index is 0.000000161. The predicted octanol–water partition coefficient (Wildman–Crippen LogP) is 4.06. The summed E-state index contributed by atoms with van der Waals surface area (Å²) in [6, 6.07) is 14.4. The van der Waals surface area contributed by atoms with Gasteiger partial charge in [-0.3, -0.25) is 4.55 Å². The SMILES string of the molecule is COc1ccc2c(c1)C[C@@H]1C3CCC(C[C@H]21)N3C.Cc1ccc(S(=O)(=O)O)cc1. The minimum absolute atomic E-state index is 0.0666. The summed E-state index contributed by atoms with van der Waals surface area (Å²) in [5, 5.41) is 0. The van der Waals surface area contributed by atoms with E-state index in [9.17, 15) is 8.42 Å². The molecule has 29 heavy (non-hydrogen) atoms. The van der Waals surface area contributed by atoms with Gasteiger partial charge in [-0.25, -0.2) is 0 Å². The van der Waals surface area contributed by atoms with E-state index in [0.29, 0.717) is 0 Å². The first-order chi connectivity index (χ1) is 13.8. The molecule has 2 bridgehead atoms. The predicted molar refractivity (Wildman–Crippen MR) is 113 cm³/mol. The van der Waals surface area contributed by atoms with Crippen molar-refractivity contribution < 1.29 is 17.7 Å². The van der Waals surface area contributed by atoms with Gasteiger partial charge in [-0.1, -0.05) is 23.8 Å². The maximum atomic E-state index is 10.5. The minimum atomic E-state index is -4.02. The number of aryl methyl sites for hydroxylation is 1. The highest BCUT2D eigenvalue weighted by Gasteiger charge is 2.48. The Bertz CT molecular complexity index is 986. The zero-order chi connectivity index (χ0) is 20.8. The first-order valence-electron chi connectivity index (χ1n) is 10.2. The molecule has 3 aliphatic rings. The molecule has 5 nitrogen and oxygen atoms in total. The highest BCUT2D eigenvalue weighted by Crippen LogP contribution is 2.52. The summed E-state index contributed by atoms with van der Waals surface area (Å²) >= 11 is 0. The molecule has 0 saturated carbocycles. The van der Waals surface area contributed by atoms with Crippen LogP contribution in [0.4, 0.5) is 0 Å². The summed E-state index contributed by atoms with van der Waals surface area (Å²) < 4.78 is 34.9. The summed E-state index contributed by atoms with van der Waals surface area (Å²) in [5.41, 5.74) is 4.12. The molecule has 2 unspecified atom stereocenters. The molecule has 1 aliphatic carbocycles. The lowest BCUT2D eigenvalue weighted by molar-refractivity contribution is 0.109. The summed E-state index contributed by atoms with van der Waals surface area (Å²) in [5.74, 6) is 2.70. The fraction of sp³-hybridized carbons (Fsp3) is 0.478. The summed E-state index contributed by atoms with van der Waals surface area (Å²) in [6.07, 6.45) is 5.46. The average Bonchev–Trinajstić information content (AvgIpc) is 3.16. The fourth-order valence-corrected chi connectivity index (χ4v) is 5.91. The van der Waals surface area contributed by atoms with Crippen LogP contribution in [0.2, 0.25) is 0 Å². The Kier molecular flexibility index (Phi) is 5.44. The van der Waals surface area contributed by atoms with Crippen LogP contribution in [0.15, 0.2) is 47.4 Å². The standard InChI is InChI=1S/C16H21NO.C7H8O3S/c1-17-11-3-6-16(17)15-8-10-7-12(18-2)4-5-13(10)14(15)9-11;1-6-2-4-7(5-3-6)11(8,9)10/h4-5,7,11,14-16H,3,6,8-9H2,1-2H3;2-5H,1H3,(H,8,9,10)/t11?,14-,15+,16?;/m1./s1. The molecule has 1 N–H and O–H groups in total. The maximum Gasteiger partial charge on any atom is 0.294 e. The van der Waals surface area contributed by atoms with Crippen LogP contribution in [0.1, 0.15) is 41.9 Å². The second-order valence-corrected chi connectivity index (χ2v) is 9.95. The third kappa shape index (κ3) is 3.93. The zero-order valence-electron chi connectivity index (χ0n) is 17.2. The van der Waals surface area contributed by atoms with Gasteiger partial charge in [0, 0.05) is 12.1 Å². The van der Waals surface area contributed by atoms with Crippen LogP contribution in [-0.2, 0) is 16.5 Å². The summed E-state index contributed by atoms with van der Waals surface area (Å²) in [7, 11) is 0.0792. The fourth-order valence-electron chi connectivity index (χ4n) is 5.43. The van der Waals surface area contributed by atoms with Crippen molar-refractivity contribution in [2.75, 3.05) is 14.2 Å². The van der Waals surface area contributed by atoms with Gasteiger partial charge in [-0.05, 0) is 86.9 Å². The first-order valence-corrected chi connectivity index (χ1v) is 11.6. The van der Waals surface area contributed by atoms with Crippen LogP contribution in [-0.4, -0.2) is 44.1 Å². The molecule has 2 aromatic carbocycles. The summed E-state index contributed by atoms with van der Waals surface area (Å²) in [6.45, 7) is 1.84. The lowest BCUT2D eigenvalue weighted by atomic mass is 9.81. The van der Waals surface area contributed by atoms with Gasteiger partial charge in [0.15, 0.2) is 0 Å². The molecule has 0 aromatic heterocycles. The summed E-state index contributed by atoms with van der Waals surface area (Å²) in [4.78, 5) is 2.59. The highest BCUT2D eigenvalue weighted by atomic mass is 32.2. The molecular weight excluding hydrogens is 386 g/mol. The van der Waals surface area contributed by atoms with E-state index in [1.54, 1.807) is 30.4 Å². The Morgan fingerprint density at radius 3 is 2.48 bits per heavy atom. The van der Waals surface area contributed by atoms with E-state index in [0.717, 1.165) is 35.2 Å². The van der Waals surface area contributed by atoms with Crippen molar-refractivity contribution in [1.82, 2.24) is 4.90 Å². The third-order valence-electron chi connectivity index (χ3n) is 6.96. The number of methoxy groups -OCH3 is 1. The molecule has 2 aromatic rings. The van der Waals surface area contributed by atoms with Gasteiger partial charge in [-0.2, -0.15) is 8.42 Å². The number of fused-ring (bicyclic) bond motifs is 6. The van der Waals surface area contributed by atoms with E-state index < -0.39 is 10.1 Å². The monoisotopic (exact) mass is 415 g/mol. The van der Waals surface area contributed by atoms with Crippen molar-refractivity contribution in [3.8, 4) is 5.75 Å². The lowest BCUT2D eigenvalue weighted by Gasteiger charge is -2.40. The van der Waals surface area contributed by atoms with Gasteiger partial charge < -0.3 is 9.64 Å². The van der Waals surface area contributed by atoms with Gasteiger partial charge in [0.25, 0.3) is 10.1 Å². The lowest BCUT2D eigenvalue weighted by Crippen LogP contribution is -2.44. The van der Waals surface area contributed by atoms with Gasteiger partial charge >= 0.3 is 0 Å². The van der Waals surface area contributed by atoms with E-state index in [-0.39, 0.29) is 4.90 Å². The second kappa shape index (κ2) is 7.74. The van der Waals surface area contributed by atoms with Crippen LogP contribution in [0.3, 0.4) is 0 Å². The van der Waals surface area contributed by atoms with Gasteiger partial charge in [-0.15, -0.1) is 0 Å². The molecule has 2 fully saturated rings. The van der Waals surface area contributed by atoms with Gasteiger partial charge in [0.2, 0.25) is 0 Å². The van der Waals surface area contributed by atoms with Crippen LogP contribution in [0.25, 0.3) is 0 Å².